The summed E-state index contributed by atoms with van der Waals surface area (Å²) in [4.78, 5) is 26.8. The van der Waals surface area contributed by atoms with Crippen LogP contribution in [0.3, 0.4) is 0 Å². The molecule has 0 atom stereocenters. The van der Waals surface area contributed by atoms with Crippen molar-refractivity contribution >= 4 is 52.2 Å². The molecular formula is C24H16Cl2FNO3S. The number of thioether (sulfide) groups is 1. The van der Waals surface area contributed by atoms with Crippen LogP contribution in [0, 0.1) is 5.82 Å². The molecule has 0 bridgehead atoms. The summed E-state index contributed by atoms with van der Waals surface area (Å²) in [5.41, 5.74) is 1.65. The Labute approximate surface area is 198 Å². The van der Waals surface area contributed by atoms with Crippen molar-refractivity contribution in [2.45, 2.75) is 13.2 Å². The summed E-state index contributed by atoms with van der Waals surface area (Å²) in [6.45, 7) is 0.0809. The molecule has 0 aliphatic carbocycles. The fourth-order valence-corrected chi connectivity index (χ4v) is 4.40. The molecule has 0 unspecified atom stereocenters. The van der Waals surface area contributed by atoms with E-state index in [2.05, 4.69) is 0 Å². The molecule has 4 nitrogen and oxygen atoms in total. The van der Waals surface area contributed by atoms with E-state index in [9.17, 15) is 14.0 Å². The van der Waals surface area contributed by atoms with Gasteiger partial charge in [-0.2, -0.15) is 0 Å². The number of rotatable bonds is 6. The van der Waals surface area contributed by atoms with Crippen molar-refractivity contribution in [1.29, 1.82) is 0 Å². The van der Waals surface area contributed by atoms with Gasteiger partial charge in [-0.1, -0.05) is 65.7 Å². The summed E-state index contributed by atoms with van der Waals surface area (Å²) in [6, 6.07) is 18.3. The highest BCUT2D eigenvalue weighted by atomic mass is 35.5. The molecule has 1 heterocycles. The normalized spacial score (nSPS) is 15.0. The van der Waals surface area contributed by atoms with Gasteiger partial charge in [0, 0.05) is 21.2 Å². The summed E-state index contributed by atoms with van der Waals surface area (Å²) in [5.74, 6) is -0.301. The second-order valence-corrected chi connectivity index (χ2v) is 8.76. The molecule has 0 N–H and O–H groups in total. The van der Waals surface area contributed by atoms with Gasteiger partial charge in [-0.05, 0) is 47.7 Å². The summed E-state index contributed by atoms with van der Waals surface area (Å²) in [7, 11) is 0. The lowest BCUT2D eigenvalue weighted by atomic mass is 10.1. The van der Waals surface area contributed by atoms with Gasteiger partial charge >= 0.3 is 0 Å². The SMILES string of the molecule is O=C1S/C(=C/c2ccccc2OCc2ccccc2F)C(=O)N1Cc1ccc(Cl)cc1Cl. The van der Waals surface area contributed by atoms with Crippen LogP contribution in [0.15, 0.2) is 71.6 Å². The van der Waals surface area contributed by atoms with Crippen LogP contribution < -0.4 is 4.74 Å². The van der Waals surface area contributed by atoms with E-state index in [1.807, 2.05) is 0 Å². The minimum atomic E-state index is -0.421. The highest BCUT2D eigenvalue weighted by Crippen LogP contribution is 2.36. The fourth-order valence-electron chi connectivity index (χ4n) is 3.10. The monoisotopic (exact) mass is 487 g/mol. The smallest absolute Gasteiger partial charge is 0.293 e. The number of hydrogen-bond acceptors (Lipinski definition) is 4. The third kappa shape index (κ3) is 4.99. The van der Waals surface area contributed by atoms with Gasteiger partial charge < -0.3 is 4.74 Å². The zero-order chi connectivity index (χ0) is 22.7. The molecule has 32 heavy (non-hydrogen) atoms. The number of amides is 2. The lowest BCUT2D eigenvalue weighted by Crippen LogP contribution is -2.27. The summed E-state index contributed by atoms with van der Waals surface area (Å²) in [5, 5.41) is 0.462. The highest BCUT2D eigenvalue weighted by Gasteiger charge is 2.35. The average Bonchev–Trinajstić information content (AvgIpc) is 3.03. The molecule has 1 fully saturated rings. The zero-order valence-electron chi connectivity index (χ0n) is 16.6. The number of nitrogens with zero attached hydrogens (tertiary/aromatic N) is 1. The van der Waals surface area contributed by atoms with Gasteiger partial charge in [-0.15, -0.1) is 0 Å². The lowest BCUT2D eigenvalue weighted by Gasteiger charge is -2.14. The number of hydrogen-bond donors (Lipinski definition) is 0. The third-order valence-corrected chi connectivity index (χ3v) is 6.26. The molecule has 1 saturated heterocycles. The van der Waals surface area contributed by atoms with E-state index >= 15 is 0 Å². The summed E-state index contributed by atoms with van der Waals surface area (Å²) in [6.07, 6.45) is 1.60. The van der Waals surface area contributed by atoms with Crippen molar-refractivity contribution in [3.05, 3.63) is 104 Å². The number of imide groups is 1. The van der Waals surface area contributed by atoms with Gasteiger partial charge in [0.15, 0.2) is 0 Å². The first-order valence-corrected chi connectivity index (χ1v) is 11.1. The molecule has 8 heteroatoms. The molecule has 1 aliphatic rings. The Hall–Kier alpha value is -2.80. The first-order chi connectivity index (χ1) is 15.4. The van der Waals surface area contributed by atoms with Crippen molar-refractivity contribution in [1.82, 2.24) is 4.90 Å². The van der Waals surface area contributed by atoms with Crippen LogP contribution >= 0.6 is 35.0 Å². The van der Waals surface area contributed by atoms with Crippen LogP contribution in [0.4, 0.5) is 9.18 Å². The minimum Gasteiger partial charge on any atom is -0.488 e. The van der Waals surface area contributed by atoms with E-state index in [0.717, 1.165) is 16.7 Å². The van der Waals surface area contributed by atoms with Crippen LogP contribution in [0.1, 0.15) is 16.7 Å². The Kier molecular flexibility index (Phi) is 6.84. The molecule has 162 valence electrons. The predicted molar refractivity (Wildman–Crippen MR) is 125 cm³/mol. The maximum atomic E-state index is 13.9. The number of halogens is 3. The Balaban J connectivity index is 1.53. The Morgan fingerprint density at radius 1 is 0.969 bits per heavy atom. The maximum absolute atomic E-state index is 13.9. The number of ether oxygens (including phenoxy) is 1. The Morgan fingerprint density at radius 3 is 2.50 bits per heavy atom. The van der Waals surface area contributed by atoms with Crippen LogP contribution in [0.25, 0.3) is 6.08 Å². The first-order valence-electron chi connectivity index (χ1n) is 9.57. The van der Waals surface area contributed by atoms with Crippen molar-refractivity contribution in [2.24, 2.45) is 0 Å². The van der Waals surface area contributed by atoms with Crippen molar-refractivity contribution < 1.29 is 18.7 Å². The average molecular weight is 488 g/mol. The Bertz CT molecular complexity index is 1230. The third-order valence-electron chi connectivity index (χ3n) is 4.76. The maximum Gasteiger partial charge on any atom is 0.293 e. The molecule has 1 aliphatic heterocycles. The summed E-state index contributed by atoms with van der Waals surface area (Å²) < 4.78 is 19.7. The van der Waals surface area contributed by atoms with E-state index in [-0.39, 0.29) is 23.9 Å². The van der Waals surface area contributed by atoms with E-state index < -0.39 is 11.1 Å². The highest BCUT2D eigenvalue weighted by molar-refractivity contribution is 8.18. The topological polar surface area (TPSA) is 46.6 Å². The van der Waals surface area contributed by atoms with Gasteiger partial charge in [-0.25, -0.2) is 4.39 Å². The van der Waals surface area contributed by atoms with Gasteiger partial charge in [-0.3, -0.25) is 14.5 Å². The van der Waals surface area contributed by atoms with Crippen LogP contribution in [0.2, 0.25) is 10.0 Å². The largest absolute Gasteiger partial charge is 0.488 e. The number of carbonyl (C=O) groups is 2. The van der Waals surface area contributed by atoms with Crippen LogP contribution in [-0.4, -0.2) is 16.0 Å². The second kappa shape index (κ2) is 9.77. The van der Waals surface area contributed by atoms with Gasteiger partial charge in [0.1, 0.15) is 18.2 Å². The van der Waals surface area contributed by atoms with E-state index in [0.29, 0.717) is 32.5 Å². The summed E-state index contributed by atoms with van der Waals surface area (Å²) >= 11 is 12.9. The van der Waals surface area contributed by atoms with Crippen molar-refractivity contribution in [3.8, 4) is 5.75 Å². The van der Waals surface area contributed by atoms with Gasteiger partial charge in [0.25, 0.3) is 11.1 Å². The number of benzene rings is 3. The molecule has 2 amide bonds. The van der Waals surface area contributed by atoms with Crippen molar-refractivity contribution in [3.63, 3.8) is 0 Å². The number of carbonyl (C=O) groups excluding carboxylic acids is 2. The number of para-hydroxylation sites is 1. The Morgan fingerprint density at radius 2 is 1.72 bits per heavy atom. The standard InChI is InChI=1S/C24H16Cl2FNO3S/c25-18-10-9-16(19(26)12-18)13-28-23(29)22(32-24(28)30)11-15-5-2-4-8-21(15)31-14-17-6-1-3-7-20(17)27/h1-12H,13-14H2/b22-11+. The fraction of sp³-hybridized carbons (Fsp3) is 0.0833. The van der Waals surface area contributed by atoms with Gasteiger partial charge in [0.2, 0.25) is 0 Å². The minimum absolute atomic E-state index is 0.0358. The van der Waals surface area contributed by atoms with Crippen molar-refractivity contribution in [2.75, 3.05) is 0 Å². The van der Waals surface area contributed by atoms with E-state index in [1.165, 1.54) is 6.07 Å². The molecule has 0 saturated carbocycles. The lowest BCUT2D eigenvalue weighted by molar-refractivity contribution is -0.123. The molecule has 4 rings (SSSR count). The van der Waals surface area contributed by atoms with Crippen LogP contribution in [0.5, 0.6) is 5.75 Å². The zero-order valence-corrected chi connectivity index (χ0v) is 18.9. The van der Waals surface area contributed by atoms with Gasteiger partial charge in [0.05, 0.1) is 11.4 Å². The van der Waals surface area contributed by atoms with Crippen LogP contribution in [-0.2, 0) is 17.9 Å². The van der Waals surface area contributed by atoms with E-state index in [4.69, 9.17) is 27.9 Å². The molecule has 3 aromatic carbocycles. The predicted octanol–water partition coefficient (Wildman–Crippen LogP) is 6.95. The molecule has 0 spiro atoms. The molecule has 0 aromatic heterocycles. The molecular weight excluding hydrogens is 472 g/mol. The second-order valence-electron chi connectivity index (χ2n) is 6.92. The van der Waals surface area contributed by atoms with E-state index in [1.54, 1.807) is 66.7 Å². The molecule has 3 aromatic rings. The quantitative estimate of drug-likeness (QED) is 0.353. The molecule has 0 radical (unpaired) electrons. The first kappa shape index (κ1) is 22.4.